The van der Waals surface area contributed by atoms with Crippen LogP contribution in [0.5, 0.6) is 0 Å². The lowest BCUT2D eigenvalue weighted by molar-refractivity contribution is -0.123. The predicted molar refractivity (Wildman–Crippen MR) is 137 cm³/mol. The lowest BCUT2D eigenvalue weighted by Gasteiger charge is -2.35. The van der Waals surface area contributed by atoms with Crippen molar-refractivity contribution in [3.05, 3.63) is 47.1 Å². The van der Waals surface area contributed by atoms with Gasteiger partial charge in [0.15, 0.2) is 17.4 Å². The number of hydrogen-bond acceptors (Lipinski definition) is 7. The summed E-state index contributed by atoms with van der Waals surface area (Å²) in [6.07, 6.45) is 2.83. The second-order valence-corrected chi connectivity index (χ2v) is 11.1. The topological polar surface area (TPSA) is 136 Å². The summed E-state index contributed by atoms with van der Waals surface area (Å²) in [6, 6.07) is 6.32. The number of rotatable bonds is 8. The Morgan fingerprint density at radius 2 is 2.00 bits per heavy atom. The summed E-state index contributed by atoms with van der Waals surface area (Å²) in [7, 11) is 0. The van der Waals surface area contributed by atoms with Crippen molar-refractivity contribution >= 4 is 40.9 Å². The molecule has 198 valence electrons. The van der Waals surface area contributed by atoms with Crippen LogP contribution >= 0.6 is 11.6 Å². The SMILES string of the molecule is CC(C)(C)OC(=O)Nc1cccc(C(=O)CC[C@@H]2C[C@H]3C[C@H]2[C@@H](Nc2nc(Cl)ncc2F)[C@H]3C(N)=O)c1. The summed E-state index contributed by atoms with van der Waals surface area (Å²) < 4.78 is 19.5. The molecule has 2 bridgehead atoms. The van der Waals surface area contributed by atoms with Gasteiger partial charge in [-0.2, -0.15) is 4.98 Å². The van der Waals surface area contributed by atoms with Gasteiger partial charge in [0.1, 0.15) is 5.60 Å². The van der Waals surface area contributed by atoms with Crippen molar-refractivity contribution in [2.75, 3.05) is 10.6 Å². The van der Waals surface area contributed by atoms with Crippen LogP contribution in [-0.4, -0.2) is 39.4 Å². The monoisotopic (exact) mass is 531 g/mol. The molecule has 1 aromatic carbocycles. The third-order valence-electron chi connectivity index (χ3n) is 7.06. The van der Waals surface area contributed by atoms with Crippen LogP contribution in [0.25, 0.3) is 0 Å². The minimum absolute atomic E-state index is 0.0311. The Morgan fingerprint density at radius 1 is 1.24 bits per heavy atom. The van der Waals surface area contributed by atoms with Crippen LogP contribution in [0, 0.1) is 29.5 Å². The van der Waals surface area contributed by atoms with E-state index in [0.29, 0.717) is 24.1 Å². The molecule has 0 spiro atoms. The van der Waals surface area contributed by atoms with Crippen molar-refractivity contribution < 1.29 is 23.5 Å². The van der Waals surface area contributed by atoms with E-state index in [1.807, 2.05) is 0 Å². The summed E-state index contributed by atoms with van der Waals surface area (Å²) in [5, 5.41) is 5.60. The Hall–Kier alpha value is -3.27. The number of ketones is 1. The van der Waals surface area contributed by atoms with Crippen LogP contribution < -0.4 is 16.4 Å². The number of nitrogens with zero attached hydrogens (tertiary/aromatic N) is 2. The highest BCUT2D eigenvalue weighted by Crippen LogP contribution is 2.54. The van der Waals surface area contributed by atoms with Gasteiger partial charge in [-0.15, -0.1) is 0 Å². The van der Waals surface area contributed by atoms with Gasteiger partial charge in [-0.1, -0.05) is 12.1 Å². The first-order chi connectivity index (χ1) is 17.4. The Bertz CT molecular complexity index is 1200. The number of fused-ring (bicyclic) bond motifs is 2. The van der Waals surface area contributed by atoms with E-state index in [1.54, 1.807) is 45.0 Å². The van der Waals surface area contributed by atoms with Crippen LogP contribution in [-0.2, 0) is 9.53 Å². The number of carbonyl (C=O) groups excluding carboxylic acids is 3. The first kappa shape index (κ1) is 26.8. The zero-order chi connectivity index (χ0) is 26.9. The molecule has 4 N–H and O–H groups in total. The number of aromatic nitrogens is 2. The number of nitrogens with two attached hydrogens (primary N) is 1. The molecule has 0 unspecified atom stereocenters. The van der Waals surface area contributed by atoms with Gasteiger partial charge in [-0.3, -0.25) is 14.9 Å². The van der Waals surface area contributed by atoms with Crippen LogP contribution in [0.15, 0.2) is 30.5 Å². The normalized spacial score (nSPS) is 24.5. The number of hydrogen-bond donors (Lipinski definition) is 3. The highest BCUT2D eigenvalue weighted by molar-refractivity contribution is 6.28. The van der Waals surface area contributed by atoms with Crippen molar-refractivity contribution in [1.82, 2.24) is 9.97 Å². The summed E-state index contributed by atoms with van der Waals surface area (Å²) >= 11 is 5.83. The van der Waals surface area contributed by atoms with Crippen molar-refractivity contribution in [3.8, 4) is 0 Å². The maximum atomic E-state index is 14.3. The standard InChI is InChI=1S/C26H31ClFN5O4/c1-26(2,3)37-25(36)31-16-6-4-5-14(10-16)19(34)8-7-13-9-15-11-17(13)21(20(15)22(29)35)32-23-18(28)12-30-24(27)33-23/h4-6,10,12-13,15,17,20-21H,7-9,11H2,1-3H3,(H2,29,35)(H,31,36)(H,30,32,33)/t13-,15+,17-,20+,21-/m1/s1. The molecule has 2 saturated carbocycles. The van der Waals surface area contributed by atoms with Gasteiger partial charge in [0.2, 0.25) is 11.2 Å². The van der Waals surface area contributed by atoms with Crippen LogP contribution in [0.3, 0.4) is 0 Å². The molecule has 2 fully saturated rings. The van der Waals surface area contributed by atoms with Crippen molar-refractivity contribution in [1.29, 1.82) is 0 Å². The molecule has 5 atom stereocenters. The zero-order valence-corrected chi connectivity index (χ0v) is 21.7. The maximum absolute atomic E-state index is 14.3. The van der Waals surface area contributed by atoms with Gasteiger partial charge < -0.3 is 15.8 Å². The fourth-order valence-electron chi connectivity index (χ4n) is 5.69. The summed E-state index contributed by atoms with van der Waals surface area (Å²) in [4.78, 5) is 44.8. The summed E-state index contributed by atoms with van der Waals surface area (Å²) in [5.74, 6) is -1.43. The number of nitrogens with one attached hydrogen (secondary N) is 2. The quantitative estimate of drug-likeness (QED) is 0.328. The number of Topliss-reactive ketones (excluding diaryl/α,β-unsaturated/α-hetero) is 1. The molecule has 11 heteroatoms. The second kappa shape index (κ2) is 10.6. The zero-order valence-electron chi connectivity index (χ0n) is 21.0. The Morgan fingerprint density at radius 3 is 2.70 bits per heavy atom. The molecular formula is C26H31ClFN5O4. The first-order valence-electron chi connectivity index (χ1n) is 12.3. The molecule has 2 aromatic rings. The smallest absolute Gasteiger partial charge is 0.412 e. The fourth-order valence-corrected chi connectivity index (χ4v) is 5.82. The van der Waals surface area contributed by atoms with Gasteiger partial charge in [-0.05, 0) is 81.5 Å². The van der Waals surface area contributed by atoms with E-state index in [4.69, 9.17) is 22.1 Å². The van der Waals surface area contributed by atoms with Crippen molar-refractivity contribution in [3.63, 3.8) is 0 Å². The first-order valence-corrected chi connectivity index (χ1v) is 12.7. The third-order valence-corrected chi connectivity index (χ3v) is 7.24. The number of amides is 2. The molecule has 2 aliphatic carbocycles. The lowest BCUT2D eigenvalue weighted by atomic mass is 9.75. The minimum Gasteiger partial charge on any atom is -0.444 e. The van der Waals surface area contributed by atoms with E-state index in [0.717, 1.165) is 19.0 Å². The predicted octanol–water partition coefficient (Wildman–Crippen LogP) is 4.82. The Balaban J connectivity index is 1.40. The summed E-state index contributed by atoms with van der Waals surface area (Å²) in [6.45, 7) is 5.31. The highest BCUT2D eigenvalue weighted by atomic mass is 35.5. The number of ether oxygens (including phenoxy) is 1. The molecule has 37 heavy (non-hydrogen) atoms. The maximum Gasteiger partial charge on any atom is 0.412 e. The molecule has 1 heterocycles. The van der Waals surface area contributed by atoms with E-state index in [9.17, 15) is 18.8 Å². The van der Waals surface area contributed by atoms with Gasteiger partial charge in [0.05, 0.1) is 12.1 Å². The molecule has 1 aromatic heterocycles. The third kappa shape index (κ3) is 6.36. The number of carbonyl (C=O) groups is 3. The van der Waals surface area contributed by atoms with E-state index in [-0.39, 0.29) is 34.6 Å². The van der Waals surface area contributed by atoms with Crippen LogP contribution in [0.4, 0.5) is 20.7 Å². The Kier molecular flexibility index (Phi) is 7.68. The van der Waals surface area contributed by atoms with E-state index in [2.05, 4.69) is 20.6 Å². The van der Waals surface area contributed by atoms with Gasteiger partial charge in [0.25, 0.3) is 0 Å². The molecule has 2 amide bonds. The van der Waals surface area contributed by atoms with E-state index in [1.165, 1.54) is 0 Å². The molecule has 0 aliphatic heterocycles. The van der Waals surface area contributed by atoms with Crippen molar-refractivity contribution in [2.24, 2.45) is 29.4 Å². The number of benzene rings is 1. The number of anilines is 2. The average Bonchev–Trinajstić information content (AvgIpc) is 3.37. The average molecular weight is 532 g/mol. The Labute approximate surface area is 219 Å². The molecule has 9 nitrogen and oxygen atoms in total. The second-order valence-electron chi connectivity index (χ2n) is 10.8. The van der Waals surface area contributed by atoms with E-state index < -0.39 is 35.4 Å². The van der Waals surface area contributed by atoms with Gasteiger partial charge in [-0.25, -0.2) is 14.2 Å². The lowest BCUT2D eigenvalue weighted by Crippen LogP contribution is -2.45. The van der Waals surface area contributed by atoms with Crippen molar-refractivity contribution in [2.45, 2.75) is 58.1 Å². The number of primary amides is 1. The fraction of sp³-hybridized carbons (Fsp3) is 0.500. The number of halogens is 2. The highest BCUT2D eigenvalue weighted by Gasteiger charge is 2.54. The molecule has 2 aliphatic rings. The summed E-state index contributed by atoms with van der Waals surface area (Å²) in [5.41, 5.74) is 6.02. The van der Waals surface area contributed by atoms with Crippen LogP contribution in [0.1, 0.15) is 56.8 Å². The molecule has 0 saturated heterocycles. The van der Waals surface area contributed by atoms with Crippen LogP contribution in [0.2, 0.25) is 5.28 Å². The molecule has 4 rings (SSSR count). The van der Waals surface area contributed by atoms with Gasteiger partial charge in [0, 0.05) is 23.7 Å². The minimum atomic E-state index is -0.665. The molecule has 0 radical (unpaired) electrons. The largest absolute Gasteiger partial charge is 0.444 e. The molecular weight excluding hydrogens is 501 g/mol. The van der Waals surface area contributed by atoms with E-state index >= 15 is 0 Å². The van der Waals surface area contributed by atoms with Gasteiger partial charge >= 0.3 is 6.09 Å².